The molecule has 0 heterocycles. The lowest BCUT2D eigenvalue weighted by atomic mass is 10.2. The van der Waals surface area contributed by atoms with Gasteiger partial charge in [-0.3, -0.25) is 0 Å². The molecule has 0 fully saturated rings. The molecule has 2 rings (SSSR count). The fourth-order valence-electron chi connectivity index (χ4n) is 1.82. The molecule has 0 saturated heterocycles. The highest BCUT2D eigenvalue weighted by Crippen LogP contribution is 2.31. The molecule has 0 bridgehead atoms. The van der Waals surface area contributed by atoms with Gasteiger partial charge in [0.1, 0.15) is 18.2 Å². The van der Waals surface area contributed by atoms with Gasteiger partial charge in [-0.15, -0.1) is 0 Å². The molecule has 0 aliphatic carbocycles. The van der Waals surface area contributed by atoms with E-state index in [1.807, 2.05) is 30.3 Å². The average Bonchev–Trinajstić information content (AvgIpc) is 2.50. The van der Waals surface area contributed by atoms with Crippen LogP contribution in [0.25, 0.3) is 6.08 Å². The fraction of sp³-hybridized carbons (Fsp3) is 0.176. The SMILES string of the molecule is C=Cc1c(F)ccc(OCCOCc2ccccc2)c1Br. The summed E-state index contributed by atoms with van der Waals surface area (Å²) in [7, 11) is 0. The zero-order chi connectivity index (χ0) is 15.1. The maximum absolute atomic E-state index is 13.5. The summed E-state index contributed by atoms with van der Waals surface area (Å²) in [5.41, 5.74) is 1.52. The van der Waals surface area contributed by atoms with Crippen LogP contribution in [0.2, 0.25) is 0 Å². The quantitative estimate of drug-likeness (QED) is 0.666. The predicted molar refractivity (Wildman–Crippen MR) is 85.8 cm³/mol. The highest BCUT2D eigenvalue weighted by molar-refractivity contribution is 9.10. The first kappa shape index (κ1) is 15.7. The van der Waals surface area contributed by atoms with Crippen molar-refractivity contribution < 1.29 is 13.9 Å². The molecule has 0 aliphatic heterocycles. The Hall–Kier alpha value is -1.65. The molecule has 110 valence electrons. The summed E-state index contributed by atoms with van der Waals surface area (Å²) >= 11 is 3.32. The summed E-state index contributed by atoms with van der Waals surface area (Å²) in [6.45, 7) is 4.99. The van der Waals surface area contributed by atoms with E-state index < -0.39 is 0 Å². The smallest absolute Gasteiger partial charge is 0.134 e. The summed E-state index contributed by atoms with van der Waals surface area (Å²) in [5.74, 6) is 0.249. The van der Waals surface area contributed by atoms with Crippen molar-refractivity contribution >= 4 is 22.0 Å². The second kappa shape index (κ2) is 7.96. The molecule has 0 aliphatic rings. The Morgan fingerprint density at radius 2 is 1.86 bits per heavy atom. The van der Waals surface area contributed by atoms with Gasteiger partial charge in [0.05, 0.1) is 17.7 Å². The number of benzene rings is 2. The largest absolute Gasteiger partial charge is 0.490 e. The van der Waals surface area contributed by atoms with E-state index >= 15 is 0 Å². The molecule has 0 atom stereocenters. The molecule has 0 radical (unpaired) electrons. The number of rotatable bonds is 7. The highest BCUT2D eigenvalue weighted by atomic mass is 79.9. The first-order chi connectivity index (χ1) is 10.2. The first-order valence-electron chi connectivity index (χ1n) is 6.57. The monoisotopic (exact) mass is 350 g/mol. The summed E-state index contributed by atoms with van der Waals surface area (Å²) < 4.78 is 25.2. The minimum Gasteiger partial charge on any atom is -0.490 e. The lowest BCUT2D eigenvalue weighted by Crippen LogP contribution is -2.07. The van der Waals surface area contributed by atoms with Crippen LogP contribution in [0.4, 0.5) is 4.39 Å². The Labute approximate surface area is 132 Å². The van der Waals surface area contributed by atoms with Crippen LogP contribution in [-0.2, 0) is 11.3 Å². The van der Waals surface area contributed by atoms with Crippen LogP contribution < -0.4 is 4.74 Å². The zero-order valence-corrected chi connectivity index (χ0v) is 13.1. The van der Waals surface area contributed by atoms with E-state index in [1.165, 1.54) is 12.1 Å². The van der Waals surface area contributed by atoms with Crippen LogP contribution in [0.15, 0.2) is 53.5 Å². The van der Waals surface area contributed by atoms with Gasteiger partial charge in [-0.2, -0.15) is 0 Å². The molecule has 2 aromatic rings. The molecular formula is C17H16BrFO2. The van der Waals surface area contributed by atoms with Crippen LogP contribution in [0, 0.1) is 5.82 Å². The van der Waals surface area contributed by atoms with Crippen LogP contribution >= 0.6 is 15.9 Å². The number of hydrogen-bond donors (Lipinski definition) is 0. The van der Waals surface area contributed by atoms with E-state index in [0.29, 0.717) is 35.6 Å². The van der Waals surface area contributed by atoms with Crippen molar-refractivity contribution in [2.24, 2.45) is 0 Å². The molecule has 0 spiro atoms. The van der Waals surface area contributed by atoms with Gasteiger partial charge in [0, 0.05) is 5.56 Å². The van der Waals surface area contributed by atoms with Gasteiger partial charge in [0.2, 0.25) is 0 Å². The van der Waals surface area contributed by atoms with Gasteiger partial charge in [0.15, 0.2) is 0 Å². The van der Waals surface area contributed by atoms with Gasteiger partial charge < -0.3 is 9.47 Å². The Morgan fingerprint density at radius 3 is 2.57 bits per heavy atom. The van der Waals surface area contributed by atoms with Crippen LogP contribution in [-0.4, -0.2) is 13.2 Å². The molecule has 2 nitrogen and oxygen atoms in total. The van der Waals surface area contributed by atoms with Crippen molar-refractivity contribution in [3.63, 3.8) is 0 Å². The van der Waals surface area contributed by atoms with Crippen LogP contribution in [0.3, 0.4) is 0 Å². The molecule has 21 heavy (non-hydrogen) atoms. The second-order valence-corrected chi connectivity index (χ2v) is 5.16. The van der Waals surface area contributed by atoms with E-state index in [2.05, 4.69) is 22.5 Å². The third-order valence-electron chi connectivity index (χ3n) is 2.89. The normalized spacial score (nSPS) is 10.4. The lowest BCUT2D eigenvalue weighted by Gasteiger charge is -2.11. The number of ether oxygens (including phenoxy) is 2. The standard InChI is InChI=1S/C17H16BrFO2/c1-2-14-15(19)8-9-16(17(14)18)21-11-10-20-12-13-6-4-3-5-7-13/h2-9H,1,10-12H2. The first-order valence-corrected chi connectivity index (χ1v) is 7.36. The Kier molecular flexibility index (Phi) is 5.96. The third-order valence-corrected chi connectivity index (χ3v) is 3.71. The minimum absolute atomic E-state index is 0.329. The number of halogens is 2. The van der Waals surface area contributed by atoms with Crippen LogP contribution in [0.1, 0.15) is 11.1 Å². The zero-order valence-electron chi connectivity index (χ0n) is 11.5. The van der Waals surface area contributed by atoms with Crippen molar-refractivity contribution in [3.8, 4) is 5.75 Å². The summed E-state index contributed by atoms with van der Waals surface area (Å²) in [6.07, 6.45) is 1.46. The van der Waals surface area contributed by atoms with Gasteiger partial charge in [0.25, 0.3) is 0 Å². The third kappa shape index (κ3) is 4.41. The van der Waals surface area contributed by atoms with Crippen molar-refractivity contribution in [1.82, 2.24) is 0 Å². The molecule has 4 heteroatoms. The van der Waals surface area contributed by atoms with Crippen molar-refractivity contribution in [3.05, 3.63) is 70.5 Å². The summed E-state index contributed by atoms with van der Waals surface area (Å²) in [6, 6.07) is 12.9. The molecule has 0 saturated carbocycles. The topological polar surface area (TPSA) is 18.5 Å². The summed E-state index contributed by atoms with van der Waals surface area (Å²) in [4.78, 5) is 0. The Bertz CT molecular complexity index is 599. The molecule has 0 unspecified atom stereocenters. The predicted octanol–water partition coefficient (Wildman–Crippen LogP) is 4.83. The van der Waals surface area contributed by atoms with Crippen molar-refractivity contribution in [2.45, 2.75) is 6.61 Å². The van der Waals surface area contributed by atoms with E-state index in [1.54, 1.807) is 6.07 Å². The fourth-order valence-corrected chi connectivity index (χ4v) is 2.42. The average molecular weight is 351 g/mol. The maximum Gasteiger partial charge on any atom is 0.134 e. The van der Waals surface area contributed by atoms with Gasteiger partial charge >= 0.3 is 0 Å². The van der Waals surface area contributed by atoms with Gasteiger partial charge in [-0.05, 0) is 33.6 Å². The van der Waals surface area contributed by atoms with E-state index in [-0.39, 0.29) is 5.82 Å². The number of hydrogen-bond acceptors (Lipinski definition) is 2. The maximum atomic E-state index is 13.5. The molecule has 0 aromatic heterocycles. The van der Waals surface area contributed by atoms with Crippen LogP contribution in [0.5, 0.6) is 5.75 Å². The van der Waals surface area contributed by atoms with Gasteiger partial charge in [-0.1, -0.05) is 43.0 Å². The molecule has 2 aromatic carbocycles. The Morgan fingerprint density at radius 1 is 1.10 bits per heavy atom. The van der Waals surface area contributed by atoms with E-state index in [0.717, 1.165) is 5.56 Å². The minimum atomic E-state index is -0.329. The van der Waals surface area contributed by atoms with Gasteiger partial charge in [-0.25, -0.2) is 4.39 Å². The Balaban J connectivity index is 1.80. The van der Waals surface area contributed by atoms with E-state index in [9.17, 15) is 4.39 Å². The van der Waals surface area contributed by atoms with E-state index in [4.69, 9.17) is 9.47 Å². The second-order valence-electron chi connectivity index (χ2n) is 4.36. The highest BCUT2D eigenvalue weighted by Gasteiger charge is 2.09. The lowest BCUT2D eigenvalue weighted by molar-refractivity contribution is 0.0886. The summed E-state index contributed by atoms with van der Waals surface area (Å²) in [5, 5.41) is 0. The van der Waals surface area contributed by atoms with Crippen molar-refractivity contribution in [2.75, 3.05) is 13.2 Å². The molecular weight excluding hydrogens is 335 g/mol. The van der Waals surface area contributed by atoms with Crippen molar-refractivity contribution in [1.29, 1.82) is 0 Å². The molecule has 0 amide bonds. The molecule has 0 N–H and O–H groups in total.